The molecule has 0 spiro atoms. The van der Waals surface area contributed by atoms with E-state index in [1.54, 1.807) is 5.57 Å². The molecule has 0 aliphatic heterocycles. The van der Waals surface area contributed by atoms with Gasteiger partial charge in [0.15, 0.2) is 12.8 Å². The number of rotatable bonds is 7. The summed E-state index contributed by atoms with van der Waals surface area (Å²) in [6.45, 7) is 13.2. The lowest BCUT2D eigenvalue weighted by atomic mass is 9.61. The Balaban J connectivity index is 0.000000614. The molecule has 0 N–H and O–H groups in total. The lowest BCUT2D eigenvalue weighted by Gasteiger charge is -2.44. The number of nitrogens with zero attached hydrogens (tertiary/aromatic N) is 1. The summed E-state index contributed by atoms with van der Waals surface area (Å²) in [4.78, 5) is 2.19. The monoisotopic (exact) mass is 487 g/mol. The molecule has 2 saturated carbocycles. The molecule has 2 nitrogen and oxygen atoms in total. The van der Waals surface area contributed by atoms with Gasteiger partial charge in [-0.2, -0.15) is 0 Å². The van der Waals surface area contributed by atoms with Crippen molar-refractivity contribution in [3.05, 3.63) is 63.8 Å². The van der Waals surface area contributed by atoms with Crippen molar-refractivity contribution >= 4 is 22.1 Å². The normalized spacial score (nSPS) is 27.9. The number of hydrogen-bond donors (Lipinski definition) is 0. The summed E-state index contributed by atoms with van der Waals surface area (Å²) in [7, 11) is 0. The van der Waals surface area contributed by atoms with E-state index >= 15 is 0 Å². The Labute approximate surface area is 199 Å². The number of allylic oxidation sites excluding steroid dienone is 2. The van der Waals surface area contributed by atoms with Crippen LogP contribution in [0.2, 0.25) is 0 Å². The van der Waals surface area contributed by atoms with Crippen LogP contribution in [0.3, 0.4) is 0 Å². The molecule has 0 saturated heterocycles. The smallest absolute Gasteiger partial charge is 0.157 e. The SMILES string of the molecule is C=C(C)CC.C[C@H](C/C=[N+](\[O-])CCc1ccccc1)[C@H]1CC[C@H]2/C(=C/Br)CCC[C@]12C. The van der Waals surface area contributed by atoms with Crippen molar-refractivity contribution in [3.63, 3.8) is 0 Å². The fraction of sp³-hybridized carbons (Fsp3) is 0.607. The molecule has 1 aromatic rings. The number of hydroxylamine groups is 1. The Morgan fingerprint density at radius 1 is 1.32 bits per heavy atom. The van der Waals surface area contributed by atoms with Gasteiger partial charge in [0.2, 0.25) is 0 Å². The van der Waals surface area contributed by atoms with E-state index in [-0.39, 0.29) is 0 Å². The van der Waals surface area contributed by atoms with Crippen molar-refractivity contribution < 1.29 is 4.74 Å². The van der Waals surface area contributed by atoms with Gasteiger partial charge < -0.3 is 5.21 Å². The van der Waals surface area contributed by atoms with Crippen LogP contribution < -0.4 is 0 Å². The molecule has 0 bridgehead atoms. The van der Waals surface area contributed by atoms with E-state index in [4.69, 9.17) is 0 Å². The van der Waals surface area contributed by atoms with E-state index in [0.29, 0.717) is 17.9 Å². The molecular weight excluding hydrogens is 446 g/mol. The molecule has 0 radical (unpaired) electrons. The molecule has 2 aliphatic rings. The van der Waals surface area contributed by atoms with Crippen molar-refractivity contribution in [1.29, 1.82) is 0 Å². The van der Waals surface area contributed by atoms with Crippen LogP contribution in [0.4, 0.5) is 0 Å². The molecule has 0 amide bonds. The first kappa shape index (κ1) is 25.9. The highest BCUT2D eigenvalue weighted by Crippen LogP contribution is 2.59. The molecule has 0 unspecified atom stereocenters. The Bertz CT molecular complexity index is 754. The third kappa shape index (κ3) is 7.34. The van der Waals surface area contributed by atoms with Gasteiger partial charge in [-0.05, 0) is 79.2 Å². The zero-order valence-electron chi connectivity index (χ0n) is 20.1. The van der Waals surface area contributed by atoms with Crippen LogP contribution in [-0.4, -0.2) is 17.5 Å². The first-order valence-electron chi connectivity index (χ1n) is 12.1. The van der Waals surface area contributed by atoms with E-state index in [1.807, 2.05) is 31.3 Å². The first-order chi connectivity index (χ1) is 14.8. The molecular formula is C28H42BrNO. The summed E-state index contributed by atoms with van der Waals surface area (Å²) in [5.41, 5.74) is 4.52. The van der Waals surface area contributed by atoms with E-state index in [1.165, 1.54) is 43.2 Å². The van der Waals surface area contributed by atoms with Crippen molar-refractivity contribution in [1.82, 2.24) is 0 Å². The minimum Gasteiger partial charge on any atom is -0.624 e. The van der Waals surface area contributed by atoms with Crippen LogP contribution in [0.25, 0.3) is 0 Å². The second-order valence-corrected chi connectivity index (χ2v) is 10.3. The number of benzene rings is 1. The maximum absolute atomic E-state index is 12.2. The summed E-state index contributed by atoms with van der Waals surface area (Å²) < 4.78 is 1.16. The van der Waals surface area contributed by atoms with Gasteiger partial charge in [-0.1, -0.05) is 78.2 Å². The molecule has 0 heterocycles. The van der Waals surface area contributed by atoms with E-state index in [9.17, 15) is 5.21 Å². The van der Waals surface area contributed by atoms with E-state index < -0.39 is 0 Å². The lowest BCUT2D eigenvalue weighted by Crippen LogP contribution is -2.36. The maximum atomic E-state index is 12.2. The predicted molar refractivity (Wildman–Crippen MR) is 139 cm³/mol. The Kier molecular flexibility index (Phi) is 10.6. The molecule has 4 atom stereocenters. The van der Waals surface area contributed by atoms with Gasteiger partial charge >= 0.3 is 0 Å². The second-order valence-electron chi connectivity index (χ2n) is 9.86. The Morgan fingerprint density at radius 3 is 2.61 bits per heavy atom. The summed E-state index contributed by atoms with van der Waals surface area (Å²) in [6.07, 6.45) is 11.3. The van der Waals surface area contributed by atoms with Gasteiger partial charge in [-0.3, -0.25) is 0 Å². The molecule has 172 valence electrons. The third-order valence-electron chi connectivity index (χ3n) is 7.61. The molecule has 0 aromatic heterocycles. The van der Waals surface area contributed by atoms with Crippen LogP contribution in [0.15, 0.2) is 53.0 Å². The van der Waals surface area contributed by atoms with Gasteiger partial charge in [0, 0.05) is 12.8 Å². The van der Waals surface area contributed by atoms with Gasteiger partial charge in [0.1, 0.15) is 0 Å². The summed E-state index contributed by atoms with van der Waals surface area (Å²) in [5, 5.41) is 12.2. The van der Waals surface area contributed by atoms with Gasteiger partial charge in [0.05, 0.1) is 0 Å². The highest BCUT2D eigenvalue weighted by molar-refractivity contribution is 9.11. The quantitative estimate of drug-likeness (QED) is 0.125. The lowest BCUT2D eigenvalue weighted by molar-refractivity contribution is -0.453. The highest BCUT2D eigenvalue weighted by Gasteiger charge is 2.50. The van der Waals surface area contributed by atoms with Crippen LogP contribution in [0.5, 0.6) is 0 Å². The Morgan fingerprint density at radius 2 is 2.00 bits per heavy atom. The zero-order valence-corrected chi connectivity index (χ0v) is 21.7. The zero-order chi connectivity index (χ0) is 22.9. The molecule has 2 aliphatic carbocycles. The predicted octanol–water partition coefficient (Wildman–Crippen LogP) is 8.30. The van der Waals surface area contributed by atoms with Crippen LogP contribution in [0, 0.1) is 28.4 Å². The van der Waals surface area contributed by atoms with Crippen molar-refractivity contribution in [2.45, 2.75) is 79.1 Å². The summed E-state index contributed by atoms with van der Waals surface area (Å²) in [5.74, 6) is 2.05. The second kappa shape index (κ2) is 12.6. The average molecular weight is 489 g/mol. The van der Waals surface area contributed by atoms with Gasteiger partial charge in [-0.15, -0.1) is 6.58 Å². The van der Waals surface area contributed by atoms with Crippen molar-refractivity contribution in [2.75, 3.05) is 6.54 Å². The molecule has 31 heavy (non-hydrogen) atoms. The van der Waals surface area contributed by atoms with Crippen LogP contribution >= 0.6 is 15.9 Å². The van der Waals surface area contributed by atoms with Gasteiger partial charge in [-0.25, -0.2) is 4.74 Å². The standard InChI is InChI=1S/C23H32BrNO.C5H10/c1-18(12-15-25(26)16-13-19-7-4-3-5-8-19)21-10-11-22-20(17-24)9-6-14-23(21,22)2;1-4-5(2)3/h3-5,7-8,15,17-18,21-22H,6,9-14,16H2,1-2H3;2,4H2,1,3H3/b20-17+,25-15-;/t18-,21-,22+,23-;/m1./s1. The highest BCUT2D eigenvalue weighted by atomic mass is 79.9. The minimum absolute atomic E-state index is 0.420. The van der Waals surface area contributed by atoms with Crippen LogP contribution in [0.1, 0.15) is 78.2 Å². The maximum Gasteiger partial charge on any atom is 0.157 e. The van der Waals surface area contributed by atoms with Crippen molar-refractivity contribution in [2.24, 2.45) is 23.2 Å². The number of hydrogen-bond acceptors (Lipinski definition) is 1. The topological polar surface area (TPSA) is 26.1 Å². The van der Waals surface area contributed by atoms with E-state index in [2.05, 4.69) is 60.4 Å². The molecule has 2 fully saturated rings. The summed E-state index contributed by atoms with van der Waals surface area (Å²) >= 11 is 3.60. The fourth-order valence-corrected chi connectivity index (χ4v) is 6.12. The molecule has 3 rings (SSSR count). The minimum atomic E-state index is 0.420. The number of halogens is 1. The Hall–Kier alpha value is -1.35. The third-order valence-corrected chi connectivity index (χ3v) is 8.20. The molecule has 3 heteroatoms. The van der Waals surface area contributed by atoms with Crippen LogP contribution in [-0.2, 0) is 6.42 Å². The first-order valence-corrected chi connectivity index (χ1v) is 13.0. The largest absolute Gasteiger partial charge is 0.624 e. The van der Waals surface area contributed by atoms with E-state index in [0.717, 1.165) is 35.8 Å². The number of fused-ring (bicyclic) bond motifs is 1. The van der Waals surface area contributed by atoms with Gasteiger partial charge in [0.25, 0.3) is 0 Å². The molecule has 1 aromatic carbocycles. The van der Waals surface area contributed by atoms with Crippen molar-refractivity contribution in [3.8, 4) is 0 Å². The summed E-state index contributed by atoms with van der Waals surface area (Å²) in [6, 6.07) is 10.3. The fourth-order valence-electron chi connectivity index (χ4n) is 5.57. The average Bonchev–Trinajstić information content (AvgIpc) is 3.14.